The van der Waals surface area contributed by atoms with Crippen molar-refractivity contribution >= 4 is 21.9 Å². The molecule has 0 aliphatic carbocycles. The third-order valence-electron chi connectivity index (χ3n) is 1.92. The summed E-state index contributed by atoms with van der Waals surface area (Å²) in [5.41, 5.74) is 0.924. The predicted molar refractivity (Wildman–Crippen MR) is 59.1 cm³/mol. The normalized spacial score (nSPS) is 10.0. The first-order valence-electron chi connectivity index (χ1n) is 4.53. The fourth-order valence-electron chi connectivity index (χ4n) is 1.26. The Morgan fingerprint density at radius 3 is 3.00 bits per heavy atom. The lowest BCUT2D eigenvalue weighted by molar-refractivity contribution is -0.137. The van der Waals surface area contributed by atoms with Crippen LogP contribution in [0.1, 0.15) is 18.4 Å². The summed E-state index contributed by atoms with van der Waals surface area (Å²) < 4.78 is 5.95. The number of ether oxygens (including phenoxy) is 1. The van der Waals surface area contributed by atoms with Gasteiger partial charge in [-0.3, -0.25) is 4.79 Å². The molecule has 1 aromatic rings. The topological polar surface area (TPSA) is 59.4 Å². The van der Waals surface area contributed by atoms with Crippen LogP contribution in [0.2, 0.25) is 0 Å². The minimum Gasteiger partial charge on any atom is -0.481 e. The molecule has 0 aliphatic heterocycles. The molecule has 1 aromatic heterocycles. The second-order valence-electron chi connectivity index (χ2n) is 3.07. The van der Waals surface area contributed by atoms with Gasteiger partial charge in [-0.05, 0) is 34.8 Å². The van der Waals surface area contributed by atoms with E-state index < -0.39 is 5.97 Å². The molecule has 0 amide bonds. The standard InChI is InChI=1S/C10H12BrNO3/c1-15-10-7(3-2-4-9(13)14)5-8(11)6-12-10/h5-6H,2-4H2,1H3,(H,13,14). The molecule has 0 spiro atoms. The number of methoxy groups -OCH3 is 1. The van der Waals surface area contributed by atoms with Crippen molar-refractivity contribution in [3.63, 3.8) is 0 Å². The lowest BCUT2D eigenvalue weighted by atomic mass is 10.1. The molecule has 82 valence electrons. The van der Waals surface area contributed by atoms with E-state index in [1.807, 2.05) is 6.07 Å². The number of aliphatic carboxylic acids is 1. The van der Waals surface area contributed by atoms with E-state index in [0.29, 0.717) is 18.7 Å². The van der Waals surface area contributed by atoms with Gasteiger partial charge in [0, 0.05) is 22.7 Å². The van der Waals surface area contributed by atoms with Crippen LogP contribution in [0.5, 0.6) is 5.88 Å². The third kappa shape index (κ3) is 3.87. The second-order valence-corrected chi connectivity index (χ2v) is 3.98. The Bertz CT molecular complexity index is 355. The van der Waals surface area contributed by atoms with Gasteiger partial charge in [0.2, 0.25) is 5.88 Å². The number of carboxylic acid groups (broad SMARTS) is 1. The van der Waals surface area contributed by atoms with E-state index in [2.05, 4.69) is 20.9 Å². The van der Waals surface area contributed by atoms with E-state index in [9.17, 15) is 4.79 Å². The van der Waals surface area contributed by atoms with Crippen LogP contribution in [0.15, 0.2) is 16.7 Å². The molecule has 0 saturated carbocycles. The van der Waals surface area contributed by atoms with Gasteiger partial charge >= 0.3 is 5.97 Å². The van der Waals surface area contributed by atoms with Gasteiger partial charge in [0.1, 0.15) is 0 Å². The molecular formula is C10H12BrNO3. The Hall–Kier alpha value is -1.10. The number of aromatic nitrogens is 1. The summed E-state index contributed by atoms with van der Waals surface area (Å²) in [4.78, 5) is 14.4. The molecular weight excluding hydrogens is 262 g/mol. The Balaban J connectivity index is 2.65. The Morgan fingerprint density at radius 1 is 1.67 bits per heavy atom. The molecule has 0 radical (unpaired) electrons. The Morgan fingerprint density at radius 2 is 2.40 bits per heavy atom. The van der Waals surface area contributed by atoms with Gasteiger partial charge in [-0.2, -0.15) is 0 Å². The summed E-state index contributed by atoms with van der Waals surface area (Å²) in [6, 6.07) is 1.90. The van der Waals surface area contributed by atoms with Crippen molar-refractivity contribution in [1.82, 2.24) is 4.98 Å². The highest BCUT2D eigenvalue weighted by Gasteiger charge is 2.06. The molecule has 0 saturated heterocycles. The molecule has 0 atom stereocenters. The average Bonchev–Trinajstić information content (AvgIpc) is 2.17. The number of pyridine rings is 1. The van der Waals surface area contributed by atoms with Crippen molar-refractivity contribution in [1.29, 1.82) is 0 Å². The summed E-state index contributed by atoms with van der Waals surface area (Å²) >= 11 is 3.31. The van der Waals surface area contributed by atoms with Crippen LogP contribution >= 0.6 is 15.9 Å². The summed E-state index contributed by atoms with van der Waals surface area (Å²) in [5, 5.41) is 8.52. The fraction of sp³-hybridized carbons (Fsp3) is 0.400. The molecule has 0 unspecified atom stereocenters. The zero-order valence-electron chi connectivity index (χ0n) is 8.36. The summed E-state index contributed by atoms with van der Waals surface area (Å²) in [6.07, 6.45) is 3.06. The minimum atomic E-state index is -0.781. The van der Waals surface area contributed by atoms with Crippen molar-refractivity contribution < 1.29 is 14.6 Å². The number of nitrogens with zero attached hydrogens (tertiary/aromatic N) is 1. The number of aryl methyl sites for hydroxylation is 1. The van der Waals surface area contributed by atoms with Crippen LogP contribution in [0.25, 0.3) is 0 Å². The van der Waals surface area contributed by atoms with Crippen LogP contribution in [-0.4, -0.2) is 23.2 Å². The fourth-order valence-corrected chi connectivity index (χ4v) is 1.64. The first-order valence-corrected chi connectivity index (χ1v) is 5.33. The van der Waals surface area contributed by atoms with Crippen molar-refractivity contribution in [3.8, 4) is 5.88 Å². The molecule has 0 fully saturated rings. The van der Waals surface area contributed by atoms with Gasteiger partial charge in [0.05, 0.1) is 7.11 Å². The molecule has 1 heterocycles. The van der Waals surface area contributed by atoms with Crippen molar-refractivity contribution in [2.24, 2.45) is 0 Å². The summed E-state index contributed by atoms with van der Waals surface area (Å²) in [6.45, 7) is 0. The average molecular weight is 274 g/mol. The van der Waals surface area contributed by atoms with E-state index in [-0.39, 0.29) is 6.42 Å². The van der Waals surface area contributed by atoms with Crippen LogP contribution in [0.4, 0.5) is 0 Å². The van der Waals surface area contributed by atoms with E-state index in [0.717, 1.165) is 10.0 Å². The molecule has 15 heavy (non-hydrogen) atoms. The highest BCUT2D eigenvalue weighted by Crippen LogP contribution is 2.21. The zero-order chi connectivity index (χ0) is 11.3. The summed E-state index contributed by atoms with van der Waals surface area (Å²) in [7, 11) is 1.55. The minimum absolute atomic E-state index is 0.162. The van der Waals surface area contributed by atoms with Crippen LogP contribution in [-0.2, 0) is 11.2 Å². The Kier molecular flexibility index (Phi) is 4.55. The van der Waals surface area contributed by atoms with Crippen LogP contribution in [0.3, 0.4) is 0 Å². The number of carbonyl (C=O) groups is 1. The van der Waals surface area contributed by atoms with Crippen molar-refractivity contribution in [2.75, 3.05) is 7.11 Å². The van der Waals surface area contributed by atoms with Crippen LogP contribution in [0, 0.1) is 0 Å². The predicted octanol–water partition coefficient (Wildman–Crippen LogP) is 2.26. The van der Waals surface area contributed by atoms with E-state index in [1.54, 1.807) is 13.3 Å². The number of hydrogen-bond donors (Lipinski definition) is 1. The van der Waals surface area contributed by atoms with Gasteiger partial charge in [-0.1, -0.05) is 0 Å². The SMILES string of the molecule is COc1ncc(Br)cc1CCCC(=O)O. The van der Waals surface area contributed by atoms with Crippen molar-refractivity contribution in [3.05, 3.63) is 22.3 Å². The number of rotatable bonds is 5. The van der Waals surface area contributed by atoms with E-state index in [4.69, 9.17) is 9.84 Å². The number of hydrogen-bond acceptors (Lipinski definition) is 3. The van der Waals surface area contributed by atoms with Gasteiger partial charge in [-0.25, -0.2) is 4.98 Å². The van der Waals surface area contributed by atoms with Gasteiger partial charge in [-0.15, -0.1) is 0 Å². The smallest absolute Gasteiger partial charge is 0.303 e. The highest BCUT2D eigenvalue weighted by atomic mass is 79.9. The zero-order valence-corrected chi connectivity index (χ0v) is 9.95. The molecule has 1 N–H and O–H groups in total. The first-order chi connectivity index (χ1) is 7.13. The molecule has 5 heteroatoms. The first kappa shape index (κ1) is 12.0. The lowest BCUT2D eigenvalue weighted by Gasteiger charge is -2.06. The second kappa shape index (κ2) is 5.70. The van der Waals surface area contributed by atoms with E-state index >= 15 is 0 Å². The van der Waals surface area contributed by atoms with Crippen molar-refractivity contribution in [2.45, 2.75) is 19.3 Å². The van der Waals surface area contributed by atoms with E-state index in [1.165, 1.54) is 0 Å². The number of carboxylic acids is 1. The van der Waals surface area contributed by atoms with Crippen LogP contribution < -0.4 is 4.74 Å². The Labute approximate surface area is 96.4 Å². The maximum absolute atomic E-state index is 10.4. The highest BCUT2D eigenvalue weighted by molar-refractivity contribution is 9.10. The molecule has 0 aliphatic rings. The van der Waals surface area contributed by atoms with Gasteiger partial charge < -0.3 is 9.84 Å². The van der Waals surface area contributed by atoms with Gasteiger partial charge in [0.25, 0.3) is 0 Å². The molecule has 4 nitrogen and oxygen atoms in total. The molecule has 1 rings (SSSR count). The largest absolute Gasteiger partial charge is 0.481 e. The lowest BCUT2D eigenvalue weighted by Crippen LogP contribution is -1.99. The molecule has 0 aromatic carbocycles. The molecule has 0 bridgehead atoms. The maximum atomic E-state index is 10.4. The maximum Gasteiger partial charge on any atom is 0.303 e. The van der Waals surface area contributed by atoms with Gasteiger partial charge in [0.15, 0.2) is 0 Å². The third-order valence-corrected chi connectivity index (χ3v) is 2.36. The monoisotopic (exact) mass is 273 g/mol. The quantitative estimate of drug-likeness (QED) is 0.894. The number of halogens is 1. The summed E-state index contributed by atoms with van der Waals surface area (Å²) in [5.74, 6) is -0.222.